The van der Waals surface area contributed by atoms with Gasteiger partial charge in [-0.15, -0.1) is 0 Å². The lowest BCUT2D eigenvalue weighted by atomic mass is 9.99. The number of nitrogens with one attached hydrogen (secondary N) is 1. The van der Waals surface area contributed by atoms with Crippen LogP contribution in [0.1, 0.15) is 18.5 Å². The predicted octanol–water partition coefficient (Wildman–Crippen LogP) is -0.449. The molecule has 2 rings (SSSR count). The molecule has 1 fully saturated rings. The number of carboxylic acid groups (broad SMARTS) is 1. The molecule has 2 heterocycles. The number of carboxylic acids is 1. The Bertz CT molecular complexity index is 575. The molecule has 9 heteroatoms. The molecule has 20 heavy (non-hydrogen) atoms. The summed E-state index contributed by atoms with van der Waals surface area (Å²) in [7, 11) is -1.84. The number of hydrogen-bond acceptors (Lipinski definition) is 4. The summed E-state index contributed by atoms with van der Waals surface area (Å²) in [6.07, 6.45) is 2.30. The molecule has 0 amide bonds. The van der Waals surface area contributed by atoms with Gasteiger partial charge in [0.05, 0.1) is 18.2 Å². The van der Waals surface area contributed by atoms with E-state index in [0.717, 1.165) is 5.69 Å². The molecular weight excluding hydrogens is 284 g/mol. The summed E-state index contributed by atoms with van der Waals surface area (Å²) in [5.41, 5.74) is 0.758. The summed E-state index contributed by atoms with van der Waals surface area (Å²) >= 11 is 0. The molecule has 1 aliphatic heterocycles. The van der Waals surface area contributed by atoms with Crippen LogP contribution in [0.25, 0.3) is 0 Å². The Morgan fingerprint density at radius 1 is 1.50 bits per heavy atom. The highest BCUT2D eigenvalue weighted by molar-refractivity contribution is 7.87. The molecule has 0 aromatic carbocycles. The first kappa shape index (κ1) is 14.9. The molecule has 0 saturated carbocycles. The third-order valence-electron chi connectivity index (χ3n) is 3.50. The lowest BCUT2D eigenvalue weighted by molar-refractivity contribution is -0.142. The number of aromatic nitrogens is 2. The molecule has 2 N–H and O–H groups in total. The minimum absolute atomic E-state index is 0.164. The third-order valence-corrected chi connectivity index (χ3v) is 5.06. The number of rotatable bonds is 5. The van der Waals surface area contributed by atoms with Gasteiger partial charge in [0.15, 0.2) is 0 Å². The van der Waals surface area contributed by atoms with Crippen LogP contribution in [0.4, 0.5) is 0 Å². The van der Waals surface area contributed by atoms with Gasteiger partial charge in [-0.3, -0.25) is 9.48 Å². The number of piperidine rings is 1. The Morgan fingerprint density at radius 2 is 2.15 bits per heavy atom. The molecule has 0 spiro atoms. The van der Waals surface area contributed by atoms with Crippen molar-refractivity contribution in [2.24, 2.45) is 13.0 Å². The Balaban J connectivity index is 1.91. The largest absolute Gasteiger partial charge is 0.481 e. The van der Waals surface area contributed by atoms with Crippen LogP contribution in [0.15, 0.2) is 12.3 Å². The van der Waals surface area contributed by atoms with E-state index in [4.69, 9.17) is 5.11 Å². The molecule has 112 valence electrons. The molecule has 0 atom stereocenters. The van der Waals surface area contributed by atoms with Crippen molar-refractivity contribution in [3.05, 3.63) is 18.0 Å². The first-order valence-electron chi connectivity index (χ1n) is 6.34. The van der Waals surface area contributed by atoms with Gasteiger partial charge in [-0.1, -0.05) is 0 Å². The second-order valence-electron chi connectivity index (χ2n) is 4.78. The summed E-state index contributed by atoms with van der Waals surface area (Å²) in [4.78, 5) is 10.8. The molecule has 1 saturated heterocycles. The van der Waals surface area contributed by atoms with Gasteiger partial charge in [0.2, 0.25) is 0 Å². The number of nitrogens with zero attached hydrogens (tertiary/aromatic N) is 3. The van der Waals surface area contributed by atoms with Crippen LogP contribution in [0, 0.1) is 5.92 Å². The van der Waals surface area contributed by atoms with Crippen molar-refractivity contribution in [3.8, 4) is 0 Å². The second kappa shape index (κ2) is 5.90. The molecule has 8 nitrogen and oxygen atoms in total. The van der Waals surface area contributed by atoms with Gasteiger partial charge in [0.25, 0.3) is 10.2 Å². The molecule has 1 aromatic rings. The van der Waals surface area contributed by atoms with E-state index in [0.29, 0.717) is 12.8 Å². The van der Waals surface area contributed by atoms with Crippen LogP contribution < -0.4 is 4.72 Å². The van der Waals surface area contributed by atoms with Gasteiger partial charge in [0, 0.05) is 26.3 Å². The fraction of sp³-hybridized carbons (Fsp3) is 0.636. The summed E-state index contributed by atoms with van der Waals surface area (Å²) in [5, 5.41) is 12.9. The molecule has 0 radical (unpaired) electrons. The van der Waals surface area contributed by atoms with Gasteiger partial charge in [-0.2, -0.15) is 22.5 Å². The van der Waals surface area contributed by atoms with E-state index >= 15 is 0 Å². The van der Waals surface area contributed by atoms with Crippen molar-refractivity contribution in [2.45, 2.75) is 19.4 Å². The second-order valence-corrected chi connectivity index (χ2v) is 6.54. The lowest BCUT2D eigenvalue weighted by Gasteiger charge is -2.29. The summed E-state index contributed by atoms with van der Waals surface area (Å²) < 4.78 is 29.6. The number of hydrogen-bond donors (Lipinski definition) is 2. The standard InChI is InChI=1S/C11H18N4O4S/c1-14-10(2-5-12-14)8-13-20(18,19)15-6-3-9(4-7-15)11(16)17/h2,5,9,13H,3-4,6-8H2,1H3,(H,16,17). The van der Waals surface area contributed by atoms with E-state index in [-0.39, 0.29) is 19.6 Å². The highest BCUT2D eigenvalue weighted by Gasteiger charge is 2.30. The van der Waals surface area contributed by atoms with Crippen LogP contribution >= 0.6 is 0 Å². The normalized spacial score (nSPS) is 18.2. The maximum atomic E-state index is 12.1. The first-order valence-corrected chi connectivity index (χ1v) is 7.78. The number of aliphatic carboxylic acids is 1. The molecule has 0 bridgehead atoms. The first-order chi connectivity index (χ1) is 9.40. The smallest absolute Gasteiger partial charge is 0.306 e. The van der Waals surface area contributed by atoms with Crippen molar-refractivity contribution in [3.63, 3.8) is 0 Å². The molecule has 1 aromatic heterocycles. The Labute approximate surface area is 117 Å². The van der Waals surface area contributed by atoms with E-state index in [9.17, 15) is 13.2 Å². The molecule has 1 aliphatic rings. The highest BCUT2D eigenvalue weighted by atomic mass is 32.2. The Kier molecular flexibility index (Phi) is 4.41. The minimum Gasteiger partial charge on any atom is -0.481 e. The number of carbonyl (C=O) groups is 1. The highest BCUT2D eigenvalue weighted by Crippen LogP contribution is 2.19. The van der Waals surface area contributed by atoms with Gasteiger partial charge in [-0.05, 0) is 18.9 Å². The van der Waals surface area contributed by atoms with Crippen molar-refractivity contribution in [2.75, 3.05) is 13.1 Å². The van der Waals surface area contributed by atoms with Crippen molar-refractivity contribution >= 4 is 16.2 Å². The predicted molar refractivity (Wildman–Crippen MR) is 70.9 cm³/mol. The maximum absolute atomic E-state index is 12.1. The van der Waals surface area contributed by atoms with Gasteiger partial charge >= 0.3 is 5.97 Å². The zero-order valence-corrected chi connectivity index (χ0v) is 12.0. The fourth-order valence-corrected chi connectivity index (χ4v) is 3.38. The van der Waals surface area contributed by atoms with E-state index in [1.54, 1.807) is 24.0 Å². The number of aryl methyl sites for hydroxylation is 1. The third kappa shape index (κ3) is 3.35. The monoisotopic (exact) mass is 302 g/mol. The van der Waals surface area contributed by atoms with Gasteiger partial charge in [0.1, 0.15) is 0 Å². The van der Waals surface area contributed by atoms with Crippen LogP contribution in [0.5, 0.6) is 0 Å². The summed E-state index contributed by atoms with van der Waals surface area (Å²) in [6.45, 7) is 0.632. The molecule has 0 aliphatic carbocycles. The average molecular weight is 302 g/mol. The van der Waals surface area contributed by atoms with E-state index < -0.39 is 22.1 Å². The lowest BCUT2D eigenvalue weighted by Crippen LogP contribution is -2.45. The van der Waals surface area contributed by atoms with E-state index in [2.05, 4.69) is 9.82 Å². The van der Waals surface area contributed by atoms with E-state index in [1.165, 1.54) is 4.31 Å². The zero-order valence-electron chi connectivity index (χ0n) is 11.2. The SMILES string of the molecule is Cn1nccc1CNS(=O)(=O)N1CCC(C(=O)O)CC1. The van der Waals surface area contributed by atoms with Crippen molar-refractivity contribution in [1.82, 2.24) is 18.8 Å². The Morgan fingerprint density at radius 3 is 2.65 bits per heavy atom. The van der Waals surface area contributed by atoms with Crippen LogP contribution in [-0.2, 0) is 28.6 Å². The average Bonchev–Trinajstić information content (AvgIpc) is 2.82. The summed E-state index contributed by atoms with van der Waals surface area (Å²) in [6, 6.07) is 1.74. The Hall–Kier alpha value is -1.45. The topological polar surface area (TPSA) is 105 Å². The van der Waals surface area contributed by atoms with Crippen LogP contribution in [0.2, 0.25) is 0 Å². The minimum atomic E-state index is -3.58. The van der Waals surface area contributed by atoms with Crippen LogP contribution in [-0.4, -0.2) is 46.7 Å². The van der Waals surface area contributed by atoms with Crippen molar-refractivity contribution < 1.29 is 18.3 Å². The summed E-state index contributed by atoms with van der Waals surface area (Å²) in [5.74, 6) is -1.30. The van der Waals surface area contributed by atoms with Gasteiger partial charge < -0.3 is 5.11 Å². The van der Waals surface area contributed by atoms with Crippen LogP contribution in [0.3, 0.4) is 0 Å². The zero-order chi connectivity index (χ0) is 14.8. The quantitative estimate of drug-likeness (QED) is 0.766. The van der Waals surface area contributed by atoms with Gasteiger partial charge in [-0.25, -0.2) is 0 Å². The van der Waals surface area contributed by atoms with E-state index in [1.807, 2.05) is 0 Å². The van der Waals surface area contributed by atoms with Crippen molar-refractivity contribution in [1.29, 1.82) is 0 Å². The molecule has 0 unspecified atom stereocenters. The maximum Gasteiger partial charge on any atom is 0.306 e. The molecular formula is C11H18N4O4S. The fourth-order valence-electron chi connectivity index (χ4n) is 2.17.